The van der Waals surface area contributed by atoms with Crippen LogP contribution in [0.5, 0.6) is 0 Å². The third kappa shape index (κ3) is 5.77. The van der Waals surface area contributed by atoms with Gasteiger partial charge < -0.3 is 9.94 Å². The number of aliphatic hydroxyl groups excluding tert-OH is 1. The lowest BCUT2D eigenvalue weighted by Crippen LogP contribution is -2.27. The van der Waals surface area contributed by atoms with Crippen molar-refractivity contribution in [2.24, 2.45) is 5.16 Å². The summed E-state index contributed by atoms with van der Waals surface area (Å²) in [6.45, 7) is 3.52. The Morgan fingerprint density at radius 1 is 1.19 bits per heavy atom. The number of Topliss-reactive ketones (excluding diaryl/α,β-unsaturated/α-hetero) is 2. The van der Waals surface area contributed by atoms with E-state index in [0.29, 0.717) is 6.61 Å². The Labute approximate surface area is 190 Å². The number of benzene rings is 1. The van der Waals surface area contributed by atoms with Gasteiger partial charge in [0.1, 0.15) is 28.7 Å². The van der Waals surface area contributed by atoms with Crippen LogP contribution in [0.3, 0.4) is 0 Å². The SMILES string of the molecule is CCON=C(C)C(=O)C1=C(O)CC(c2cccc(Sc3ccc(SC)cc3)n2)CC1=O. The van der Waals surface area contributed by atoms with Gasteiger partial charge in [-0.3, -0.25) is 9.59 Å². The van der Waals surface area contributed by atoms with Crippen LogP contribution in [0.4, 0.5) is 0 Å². The molecule has 2 aromatic rings. The second kappa shape index (κ2) is 10.6. The Kier molecular flexibility index (Phi) is 7.92. The van der Waals surface area contributed by atoms with Gasteiger partial charge in [-0.1, -0.05) is 23.0 Å². The van der Waals surface area contributed by atoms with Gasteiger partial charge >= 0.3 is 0 Å². The maximum Gasteiger partial charge on any atom is 0.217 e. The van der Waals surface area contributed by atoms with Crippen LogP contribution in [-0.2, 0) is 14.4 Å². The van der Waals surface area contributed by atoms with E-state index in [0.717, 1.165) is 15.6 Å². The fourth-order valence-electron chi connectivity index (χ4n) is 3.22. The number of aliphatic hydroxyl groups is 1. The molecule has 1 unspecified atom stereocenters. The molecule has 162 valence electrons. The lowest BCUT2D eigenvalue weighted by Gasteiger charge is -2.22. The van der Waals surface area contributed by atoms with E-state index in [4.69, 9.17) is 9.82 Å². The number of nitrogens with zero attached hydrogens (tertiary/aromatic N) is 2. The van der Waals surface area contributed by atoms with Gasteiger partial charge in [0.15, 0.2) is 5.78 Å². The van der Waals surface area contributed by atoms with E-state index in [-0.39, 0.29) is 35.8 Å². The first-order valence-corrected chi connectivity index (χ1v) is 11.9. The first kappa shape index (κ1) is 23.1. The zero-order valence-electron chi connectivity index (χ0n) is 17.6. The van der Waals surface area contributed by atoms with E-state index in [1.807, 2.05) is 36.6 Å². The van der Waals surface area contributed by atoms with Gasteiger partial charge in [-0.2, -0.15) is 0 Å². The number of thioether (sulfide) groups is 1. The van der Waals surface area contributed by atoms with E-state index in [2.05, 4.69) is 17.3 Å². The molecule has 0 bridgehead atoms. The van der Waals surface area contributed by atoms with E-state index in [1.54, 1.807) is 18.7 Å². The van der Waals surface area contributed by atoms with Crippen LogP contribution in [0.25, 0.3) is 0 Å². The van der Waals surface area contributed by atoms with Gasteiger partial charge in [-0.15, -0.1) is 11.8 Å². The molecule has 0 fully saturated rings. The summed E-state index contributed by atoms with van der Waals surface area (Å²) in [6, 6.07) is 13.9. The van der Waals surface area contributed by atoms with Crippen LogP contribution in [0, 0.1) is 0 Å². The van der Waals surface area contributed by atoms with Crippen molar-refractivity contribution in [1.29, 1.82) is 0 Å². The molecule has 0 saturated carbocycles. The van der Waals surface area contributed by atoms with Gasteiger partial charge in [0.25, 0.3) is 0 Å². The standard InChI is InChI=1S/C23H24N2O4S2/c1-4-29-25-14(2)23(28)22-19(26)12-15(13-20(22)27)18-6-5-7-21(24-18)31-17-10-8-16(30-3)9-11-17/h5-11,15,26H,4,12-13H2,1-3H3. The zero-order valence-corrected chi connectivity index (χ0v) is 19.3. The number of hydrogen-bond acceptors (Lipinski definition) is 8. The average Bonchev–Trinajstić information content (AvgIpc) is 2.77. The minimum absolute atomic E-state index is 0.0409. The van der Waals surface area contributed by atoms with E-state index >= 15 is 0 Å². The van der Waals surface area contributed by atoms with Crippen molar-refractivity contribution in [3.63, 3.8) is 0 Å². The summed E-state index contributed by atoms with van der Waals surface area (Å²) < 4.78 is 0. The Bertz CT molecular complexity index is 1030. The third-order valence-corrected chi connectivity index (χ3v) is 6.46. The molecule has 1 heterocycles. The molecule has 1 atom stereocenters. The minimum atomic E-state index is -0.597. The first-order chi connectivity index (χ1) is 14.9. The summed E-state index contributed by atoms with van der Waals surface area (Å²) in [5.74, 6) is -1.50. The predicted molar refractivity (Wildman–Crippen MR) is 123 cm³/mol. The van der Waals surface area contributed by atoms with Gasteiger partial charge in [0.2, 0.25) is 5.78 Å². The van der Waals surface area contributed by atoms with Crippen LogP contribution in [0.1, 0.15) is 38.3 Å². The second-order valence-electron chi connectivity index (χ2n) is 6.95. The van der Waals surface area contributed by atoms with E-state index < -0.39 is 11.6 Å². The number of carbonyl (C=O) groups is 2. The molecule has 6 nitrogen and oxygen atoms in total. The molecule has 0 spiro atoms. The quantitative estimate of drug-likeness (QED) is 0.253. The highest BCUT2D eigenvalue weighted by Gasteiger charge is 2.34. The molecule has 1 N–H and O–H groups in total. The Morgan fingerprint density at radius 3 is 2.55 bits per heavy atom. The van der Waals surface area contributed by atoms with Crippen LogP contribution in [0.15, 0.2) is 73.8 Å². The van der Waals surface area contributed by atoms with Crippen molar-refractivity contribution in [3.8, 4) is 0 Å². The Morgan fingerprint density at radius 2 is 1.90 bits per heavy atom. The number of ketones is 2. The maximum atomic E-state index is 12.7. The highest BCUT2D eigenvalue weighted by atomic mass is 32.2. The smallest absolute Gasteiger partial charge is 0.217 e. The molecule has 1 aliphatic carbocycles. The van der Waals surface area contributed by atoms with Crippen molar-refractivity contribution < 1.29 is 19.5 Å². The monoisotopic (exact) mass is 456 g/mol. The van der Waals surface area contributed by atoms with Crippen LogP contribution in [-0.4, -0.2) is 40.2 Å². The number of carbonyl (C=O) groups excluding carboxylic acids is 2. The maximum absolute atomic E-state index is 12.7. The highest BCUT2D eigenvalue weighted by molar-refractivity contribution is 7.99. The molecule has 0 radical (unpaired) electrons. The molecule has 1 aliphatic rings. The third-order valence-electron chi connectivity index (χ3n) is 4.77. The zero-order chi connectivity index (χ0) is 22.4. The fourth-order valence-corrected chi connectivity index (χ4v) is 4.44. The van der Waals surface area contributed by atoms with Crippen molar-refractivity contribution in [3.05, 3.63) is 59.5 Å². The predicted octanol–water partition coefficient (Wildman–Crippen LogP) is 5.19. The molecule has 0 saturated heterocycles. The van der Waals surface area contributed by atoms with Crippen LogP contribution < -0.4 is 0 Å². The van der Waals surface area contributed by atoms with E-state index in [1.165, 1.54) is 23.6 Å². The van der Waals surface area contributed by atoms with Crippen molar-refractivity contribution in [2.75, 3.05) is 12.9 Å². The largest absolute Gasteiger partial charge is 0.511 e. The van der Waals surface area contributed by atoms with E-state index in [9.17, 15) is 14.7 Å². The number of pyridine rings is 1. The summed E-state index contributed by atoms with van der Waals surface area (Å²) in [5.41, 5.74) is 0.563. The first-order valence-electron chi connectivity index (χ1n) is 9.88. The van der Waals surface area contributed by atoms with Crippen LogP contribution in [0.2, 0.25) is 0 Å². The number of allylic oxidation sites excluding steroid dienone is 2. The summed E-state index contributed by atoms with van der Waals surface area (Å²) in [5, 5.41) is 15.0. The molecule has 8 heteroatoms. The number of aromatic nitrogens is 1. The number of rotatable bonds is 8. The second-order valence-corrected chi connectivity index (χ2v) is 8.93. The molecular formula is C23H24N2O4S2. The molecule has 1 aromatic carbocycles. The van der Waals surface area contributed by atoms with Crippen molar-refractivity contribution in [2.45, 2.75) is 47.4 Å². The molecule has 0 aliphatic heterocycles. The lowest BCUT2D eigenvalue weighted by molar-refractivity contribution is -0.120. The Hall–Kier alpha value is -2.58. The van der Waals surface area contributed by atoms with Gasteiger partial charge in [0, 0.05) is 34.2 Å². The van der Waals surface area contributed by atoms with Gasteiger partial charge in [-0.05, 0) is 56.5 Å². The van der Waals surface area contributed by atoms with Crippen molar-refractivity contribution in [1.82, 2.24) is 4.98 Å². The normalized spacial score (nSPS) is 17.1. The summed E-state index contributed by atoms with van der Waals surface area (Å²) in [4.78, 5) is 37.0. The lowest BCUT2D eigenvalue weighted by atomic mass is 9.83. The minimum Gasteiger partial charge on any atom is -0.511 e. The average molecular weight is 457 g/mol. The summed E-state index contributed by atoms with van der Waals surface area (Å²) >= 11 is 3.23. The summed E-state index contributed by atoms with van der Waals surface area (Å²) in [7, 11) is 0. The van der Waals surface area contributed by atoms with Gasteiger partial charge in [0.05, 0.1) is 0 Å². The summed E-state index contributed by atoms with van der Waals surface area (Å²) in [6.07, 6.45) is 2.32. The van der Waals surface area contributed by atoms with Crippen LogP contribution >= 0.6 is 23.5 Å². The molecule has 1 aromatic heterocycles. The molecule has 31 heavy (non-hydrogen) atoms. The Balaban J connectivity index is 1.77. The van der Waals surface area contributed by atoms with Gasteiger partial charge in [-0.25, -0.2) is 4.98 Å². The topological polar surface area (TPSA) is 88.8 Å². The fraction of sp³-hybridized carbons (Fsp3) is 0.304. The number of oxime groups is 1. The number of hydrogen-bond donors (Lipinski definition) is 1. The molecule has 0 amide bonds. The highest BCUT2D eigenvalue weighted by Crippen LogP contribution is 2.35. The molecule has 3 rings (SSSR count). The van der Waals surface area contributed by atoms with Crippen molar-refractivity contribution >= 4 is 40.8 Å². The molecular weight excluding hydrogens is 432 g/mol.